The van der Waals surface area contributed by atoms with E-state index in [1.54, 1.807) is 11.3 Å². The molecule has 2 rings (SSSR count). The van der Waals surface area contributed by atoms with Crippen LogP contribution >= 0.6 is 11.3 Å². The highest BCUT2D eigenvalue weighted by Crippen LogP contribution is 2.24. The first-order chi connectivity index (χ1) is 8.16. The predicted octanol–water partition coefficient (Wildman–Crippen LogP) is 2.37. The molecule has 0 saturated carbocycles. The third-order valence-corrected chi connectivity index (χ3v) is 3.45. The maximum Gasteiger partial charge on any atom is 0.320 e. The van der Waals surface area contributed by atoms with E-state index < -0.39 is 12.0 Å². The van der Waals surface area contributed by atoms with Gasteiger partial charge in [-0.3, -0.25) is 4.79 Å². The Kier molecular flexibility index (Phi) is 3.56. The van der Waals surface area contributed by atoms with Gasteiger partial charge in [0, 0.05) is 4.88 Å². The molecule has 0 spiro atoms. The molecule has 1 heterocycles. The number of benzene rings is 1. The lowest BCUT2D eigenvalue weighted by atomic mass is 10.0. The Labute approximate surface area is 104 Å². The number of rotatable bonds is 4. The Bertz CT molecular complexity index is 491. The molecule has 0 fully saturated rings. The van der Waals surface area contributed by atoms with Crippen LogP contribution in [0.25, 0.3) is 10.4 Å². The van der Waals surface area contributed by atoms with Crippen molar-refractivity contribution in [2.75, 3.05) is 0 Å². The van der Waals surface area contributed by atoms with Crippen LogP contribution in [-0.4, -0.2) is 17.1 Å². The van der Waals surface area contributed by atoms with Crippen LogP contribution in [-0.2, 0) is 11.2 Å². The highest BCUT2D eigenvalue weighted by atomic mass is 32.1. The zero-order chi connectivity index (χ0) is 12.3. The number of aliphatic carboxylic acids is 1. The summed E-state index contributed by atoms with van der Waals surface area (Å²) in [4.78, 5) is 11.8. The summed E-state index contributed by atoms with van der Waals surface area (Å²) in [7, 11) is 0. The molecule has 0 unspecified atom stereocenters. The summed E-state index contributed by atoms with van der Waals surface area (Å²) >= 11 is 1.68. The molecular formula is C13H13NO2S. The van der Waals surface area contributed by atoms with Crippen molar-refractivity contribution in [2.24, 2.45) is 5.73 Å². The first kappa shape index (κ1) is 11.8. The third-order valence-electron chi connectivity index (χ3n) is 2.53. The highest BCUT2D eigenvalue weighted by Gasteiger charge is 2.11. The van der Waals surface area contributed by atoms with Gasteiger partial charge in [-0.25, -0.2) is 0 Å². The maximum absolute atomic E-state index is 10.6. The van der Waals surface area contributed by atoms with E-state index >= 15 is 0 Å². The van der Waals surface area contributed by atoms with E-state index in [0.29, 0.717) is 6.42 Å². The monoisotopic (exact) mass is 247 g/mol. The average Bonchev–Trinajstić information content (AvgIpc) is 2.83. The summed E-state index contributed by atoms with van der Waals surface area (Å²) in [5, 5.41) is 10.8. The molecule has 1 aromatic carbocycles. The predicted molar refractivity (Wildman–Crippen MR) is 69.1 cm³/mol. The summed E-state index contributed by atoms with van der Waals surface area (Å²) in [6.07, 6.45) is 0.361. The number of hydrogen-bond donors (Lipinski definition) is 2. The Balaban J connectivity index is 2.11. The van der Waals surface area contributed by atoms with Gasteiger partial charge in [0.15, 0.2) is 0 Å². The molecule has 1 atom stereocenters. The van der Waals surface area contributed by atoms with E-state index in [-0.39, 0.29) is 0 Å². The molecule has 17 heavy (non-hydrogen) atoms. The van der Waals surface area contributed by atoms with Crippen molar-refractivity contribution in [3.63, 3.8) is 0 Å². The van der Waals surface area contributed by atoms with Crippen molar-refractivity contribution in [3.8, 4) is 10.4 Å². The van der Waals surface area contributed by atoms with Crippen LogP contribution in [0.2, 0.25) is 0 Å². The van der Waals surface area contributed by atoms with Gasteiger partial charge in [-0.05, 0) is 29.0 Å². The summed E-state index contributed by atoms with van der Waals surface area (Å²) < 4.78 is 0. The molecule has 0 aliphatic carbocycles. The molecule has 0 aliphatic heterocycles. The Morgan fingerprint density at radius 2 is 2.00 bits per heavy atom. The lowest BCUT2D eigenvalue weighted by molar-refractivity contribution is -0.138. The van der Waals surface area contributed by atoms with Crippen molar-refractivity contribution in [1.29, 1.82) is 0 Å². The summed E-state index contributed by atoms with van der Waals surface area (Å²) in [5.41, 5.74) is 7.57. The summed E-state index contributed by atoms with van der Waals surface area (Å²) in [5.74, 6) is -0.965. The fourth-order valence-electron chi connectivity index (χ4n) is 1.59. The maximum atomic E-state index is 10.6. The first-order valence-electron chi connectivity index (χ1n) is 5.28. The highest BCUT2D eigenvalue weighted by molar-refractivity contribution is 7.13. The van der Waals surface area contributed by atoms with Crippen LogP contribution in [0, 0.1) is 0 Å². The Morgan fingerprint density at radius 1 is 1.29 bits per heavy atom. The van der Waals surface area contributed by atoms with Gasteiger partial charge in [-0.2, -0.15) is 0 Å². The number of carboxylic acids is 1. The number of thiophene rings is 1. The largest absolute Gasteiger partial charge is 0.480 e. The summed E-state index contributed by atoms with van der Waals surface area (Å²) in [6.45, 7) is 0. The third kappa shape index (κ3) is 2.93. The second kappa shape index (κ2) is 5.12. The first-order valence-corrected chi connectivity index (χ1v) is 6.16. The SMILES string of the molecule is N[C@@H](Cc1ccc(-c2cccs2)cc1)C(=O)O. The van der Waals surface area contributed by atoms with Gasteiger partial charge in [0.1, 0.15) is 6.04 Å². The molecule has 0 aliphatic rings. The van der Waals surface area contributed by atoms with Crippen molar-refractivity contribution in [1.82, 2.24) is 0 Å². The molecule has 0 amide bonds. The fraction of sp³-hybridized carbons (Fsp3) is 0.154. The van der Waals surface area contributed by atoms with E-state index in [1.807, 2.05) is 35.7 Å². The topological polar surface area (TPSA) is 63.3 Å². The summed E-state index contributed by atoms with van der Waals surface area (Å²) in [6, 6.07) is 11.1. The number of carbonyl (C=O) groups is 1. The Hall–Kier alpha value is -1.65. The van der Waals surface area contributed by atoms with Crippen molar-refractivity contribution < 1.29 is 9.90 Å². The van der Waals surface area contributed by atoms with E-state index in [4.69, 9.17) is 10.8 Å². The fourth-order valence-corrected chi connectivity index (χ4v) is 2.32. The zero-order valence-corrected chi connectivity index (χ0v) is 9.98. The van der Waals surface area contributed by atoms with Crippen LogP contribution in [0.3, 0.4) is 0 Å². The van der Waals surface area contributed by atoms with Crippen molar-refractivity contribution >= 4 is 17.3 Å². The van der Waals surface area contributed by atoms with Crippen LogP contribution in [0.1, 0.15) is 5.56 Å². The minimum absolute atomic E-state index is 0.361. The van der Waals surface area contributed by atoms with Crippen LogP contribution in [0.4, 0.5) is 0 Å². The van der Waals surface area contributed by atoms with Gasteiger partial charge in [-0.15, -0.1) is 11.3 Å². The molecule has 2 aromatic rings. The van der Waals surface area contributed by atoms with Gasteiger partial charge in [0.05, 0.1) is 0 Å². The standard InChI is InChI=1S/C13H13NO2S/c14-11(13(15)16)8-9-3-5-10(6-4-9)12-2-1-7-17-12/h1-7,11H,8,14H2,(H,15,16)/t11-/m0/s1. The van der Waals surface area contributed by atoms with Crippen molar-refractivity contribution in [3.05, 3.63) is 47.3 Å². The molecule has 88 valence electrons. The van der Waals surface area contributed by atoms with Gasteiger partial charge in [-0.1, -0.05) is 30.3 Å². The van der Waals surface area contributed by atoms with Crippen LogP contribution in [0.15, 0.2) is 41.8 Å². The number of carboxylic acid groups (broad SMARTS) is 1. The second-order valence-corrected chi connectivity index (χ2v) is 4.77. The smallest absolute Gasteiger partial charge is 0.320 e. The van der Waals surface area contributed by atoms with Gasteiger partial charge < -0.3 is 10.8 Å². The van der Waals surface area contributed by atoms with Crippen molar-refractivity contribution in [2.45, 2.75) is 12.5 Å². The molecule has 0 bridgehead atoms. The average molecular weight is 247 g/mol. The normalized spacial score (nSPS) is 12.3. The quantitative estimate of drug-likeness (QED) is 0.871. The minimum Gasteiger partial charge on any atom is -0.480 e. The van der Waals surface area contributed by atoms with E-state index in [0.717, 1.165) is 11.1 Å². The molecule has 3 N–H and O–H groups in total. The van der Waals surface area contributed by atoms with E-state index in [1.165, 1.54) is 4.88 Å². The van der Waals surface area contributed by atoms with Gasteiger partial charge >= 0.3 is 5.97 Å². The lowest BCUT2D eigenvalue weighted by Gasteiger charge is -2.06. The molecule has 3 nitrogen and oxygen atoms in total. The lowest BCUT2D eigenvalue weighted by Crippen LogP contribution is -2.32. The van der Waals surface area contributed by atoms with Crippen LogP contribution < -0.4 is 5.73 Å². The zero-order valence-electron chi connectivity index (χ0n) is 9.17. The molecular weight excluding hydrogens is 234 g/mol. The minimum atomic E-state index is -0.965. The van der Waals surface area contributed by atoms with Gasteiger partial charge in [0.25, 0.3) is 0 Å². The Morgan fingerprint density at radius 3 is 2.53 bits per heavy atom. The molecule has 0 saturated heterocycles. The van der Waals surface area contributed by atoms with E-state index in [9.17, 15) is 4.79 Å². The molecule has 4 heteroatoms. The molecule has 0 radical (unpaired) electrons. The van der Waals surface area contributed by atoms with Crippen LogP contribution in [0.5, 0.6) is 0 Å². The number of hydrogen-bond acceptors (Lipinski definition) is 3. The van der Waals surface area contributed by atoms with Gasteiger partial charge in [0.2, 0.25) is 0 Å². The van der Waals surface area contributed by atoms with E-state index in [2.05, 4.69) is 6.07 Å². The molecule has 1 aromatic heterocycles. The second-order valence-electron chi connectivity index (χ2n) is 3.82. The number of nitrogens with two attached hydrogens (primary N) is 1.